The number of carbonyl (C=O) groups is 2. The van der Waals surface area contributed by atoms with Crippen LogP contribution in [0.4, 0.5) is 0 Å². The van der Waals surface area contributed by atoms with Crippen LogP contribution in [0.25, 0.3) is 0 Å². The Bertz CT molecular complexity index is 498. The van der Waals surface area contributed by atoms with Crippen LogP contribution in [-0.2, 0) is 16.0 Å². The molecule has 1 aromatic carbocycles. The van der Waals surface area contributed by atoms with Crippen molar-refractivity contribution >= 4 is 11.8 Å². The normalized spacial score (nSPS) is 17.6. The van der Waals surface area contributed by atoms with Gasteiger partial charge >= 0.3 is 11.8 Å². The zero-order valence-corrected chi connectivity index (χ0v) is 11.9. The fourth-order valence-corrected chi connectivity index (χ4v) is 2.24. The molecule has 1 saturated heterocycles. The molecule has 1 unspecified atom stereocenters. The minimum Gasteiger partial charge on any atom is -0.387 e. The average Bonchev–Trinajstić information content (AvgIpc) is 2.48. The van der Waals surface area contributed by atoms with Gasteiger partial charge in [-0.3, -0.25) is 9.59 Å². The standard InChI is InChI=1S/C15H20N2O3/c1-3-11-4-6-12(7-5-11)13(18)10-17-9-8-16(2)14(19)15(17)20/h4-7,13,18H,3,8-10H2,1-2H3. The van der Waals surface area contributed by atoms with Crippen molar-refractivity contribution in [3.63, 3.8) is 0 Å². The Morgan fingerprint density at radius 1 is 1.15 bits per heavy atom. The first kappa shape index (κ1) is 14.5. The predicted octanol–water partition coefficient (Wildman–Crippen LogP) is 0.583. The summed E-state index contributed by atoms with van der Waals surface area (Å²) >= 11 is 0. The van der Waals surface area contributed by atoms with Crippen LogP contribution in [0.3, 0.4) is 0 Å². The number of aliphatic hydroxyl groups is 1. The third kappa shape index (κ3) is 2.99. The van der Waals surface area contributed by atoms with Gasteiger partial charge in [-0.1, -0.05) is 31.2 Å². The molecule has 5 heteroatoms. The van der Waals surface area contributed by atoms with Crippen LogP contribution < -0.4 is 0 Å². The molecule has 2 amide bonds. The largest absolute Gasteiger partial charge is 0.387 e. The fourth-order valence-electron chi connectivity index (χ4n) is 2.24. The van der Waals surface area contributed by atoms with Crippen LogP contribution in [0.15, 0.2) is 24.3 Å². The summed E-state index contributed by atoms with van der Waals surface area (Å²) in [5.74, 6) is -1.05. The van der Waals surface area contributed by atoms with Crippen molar-refractivity contribution < 1.29 is 14.7 Å². The summed E-state index contributed by atoms with van der Waals surface area (Å²) in [4.78, 5) is 26.2. The Morgan fingerprint density at radius 2 is 1.80 bits per heavy atom. The van der Waals surface area contributed by atoms with Gasteiger partial charge < -0.3 is 14.9 Å². The van der Waals surface area contributed by atoms with Gasteiger partial charge in [-0.15, -0.1) is 0 Å². The number of aryl methyl sites for hydroxylation is 1. The van der Waals surface area contributed by atoms with Gasteiger partial charge in [0, 0.05) is 20.1 Å². The van der Waals surface area contributed by atoms with Gasteiger partial charge in [0.05, 0.1) is 12.6 Å². The van der Waals surface area contributed by atoms with E-state index in [0.29, 0.717) is 13.1 Å². The summed E-state index contributed by atoms with van der Waals surface area (Å²) in [5.41, 5.74) is 1.97. The summed E-state index contributed by atoms with van der Waals surface area (Å²) in [5, 5.41) is 10.2. The maximum atomic E-state index is 11.8. The van der Waals surface area contributed by atoms with E-state index in [0.717, 1.165) is 12.0 Å². The molecular weight excluding hydrogens is 256 g/mol. The number of amides is 2. The number of likely N-dealkylation sites (N-methyl/N-ethyl adjacent to an activating group) is 1. The minimum atomic E-state index is -0.763. The molecule has 0 bridgehead atoms. The fraction of sp³-hybridized carbons (Fsp3) is 0.467. The molecular formula is C15H20N2O3. The van der Waals surface area contributed by atoms with Crippen molar-refractivity contribution in [1.82, 2.24) is 9.80 Å². The van der Waals surface area contributed by atoms with Crippen molar-refractivity contribution in [3.05, 3.63) is 35.4 Å². The molecule has 1 aliphatic heterocycles. The Kier molecular flexibility index (Phi) is 4.39. The molecule has 1 heterocycles. The molecule has 5 nitrogen and oxygen atoms in total. The molecule has 0 aliphatic carbocycles. The van der Waals surface area contributed by atoms with E-state index >= 15 is 0 Å². The minimum absolute atomic E-state index is 0.157. The number of hydrogen-bond donors (Lipinski definition) is 1. The zero-order valence-electron chi connectivity index (χ0n) is 11.9. The molecule has 1 atom stereocenters. The maximum absolute atomic E-state index is 11.8. The van der Waals surface area contributed by atoms with Crippen LogP contribution in [0.1, 0.15) is 24.2 Å². The highest BCUT2D eigenvalue weighted by Crippen LogP contribution is 2.17. The number of nitrogens with zero attached hydrogens (tertiary/aromatic N) is 2. The van der Waals surface area contributed by atoms with E-state index in [4.69, 9.17) is 0 Å². The maximum Gasteiger partial charge on any atom is 0.312 e. The van der Waals surface area contributed by atoms with Gasteiger partial charge in [0.15, 0.2) is 0 Å². The quantitative estimate of drug-likeness (QED) is 0.819. The highest BCUT2D eigenvalue weighted by molar-refractivity contribution is 6.35. The van der Waals surface area contributed by atoms with Crippen LogP contribution in [-0.4, -0.2) is 53.4 Å². The number of rotatable bonds is 4. The molecule has 2 rings (SSSR count). The third-order valence-corrected chi connectivity index (χ3v) is 3.69. The molecule has 20 heavy (non-hydrogen) atoms. The lowest BCUT2D eigenvalue weighted by Crippen LogP contribution is -2.53. The van der Waals surface area contributed by atoms with E-state index in [1.165, 1.54) is 15.4 Å². The van der Waals surface area contributed by atoms with Crippen molar-refractivity contribution in [2.45, 2.75) is 19.4 Å². The number of β-amino-alcohol motifs (C(OH)–C–C–N with tert-alkyl or cyclic N) is 1. The summed E-state index contributed by atoms with van der Waals surface area (Å²) < 4.78 is 0. The van der Waals surface area contributed by atoms with Crippen LogP contribution >= 0.6 is 0 Å². The molecule has 1 aliphatic rings. The highest BCUT2D eigenvalue weighted by Gasteiger charge is 2.31. The Morgan fingerprint density at radius 3 is 2.40 bits per heavy atom. The van der Waals surface area contributed by atoms with Gasteiger partial charge in [0.25, 0.3) is 0 Å². The number of benzene rings is 1. The average molecular weight is 276 g/mol. The Hall–Kier alpha value is -1.88. The van der Waals surface area contributed by atoms with Crippen molar-refractivity contribution in [3.8, 4) is 0 Å². The number of piperazine rings is 1. The smallest absolute Gasteiger partial charge is 0.312 e. The number of carbonyl (C=O) groups excluding carboxylic acids is 2. The lowest BCUT2D eigenvalue weighted by atomic mass is 10.1. The van der Waals surface area contributed by atoms with E-state index in [1.807, 2.05) is 24.3 Å². The SMILES string of the molecule is CCc1ccc(C(O)CN2CCN(C)C(=O)C2=O)cc1. The van der Waals surface area contributed by atoms with Gasteiger partial charge in [-0.25, -0.2) is 0 Å². The second kappa shape index (κ2) is 6.05. The van der Waals surface area contributed by atoms with Gasteiger partial charge in [-0.05, 0) is 17.5 Å². The Balaban J connectivity index is 2.01. The van der Waals surface area contributed by atoms with Crippen molar-refractivity contribution in [2.24, 2.45) is 0 Å². The van der Waals surface area contributed by atoms with Gasteiger partial charge in [-0.2, -0.15) is 0 Å². The zero-order chi connectivity index (χ0) is 14.7. The van der Waals surface area contributed by atoms with Crippen molar-refractivity contribution in [2.75, 3.05) is 26.7 Å². The molecule has 1 aromatic rings. The van der Waals surface area contributed by atoms with Crippen LogP contribution in [0.5, 0.6) is 0 Å². The summed E-state index contributed by atoms with van der Waals surface area (Å²) in [6.07, 6.45) is 0.183. The molecule has 108 valence electrons. The van der Waals surface area contributed by atoms with E-state index in [-0.39, 0.29) is 6.54 Å². The van der Waals surface area contributed by atoms with Gasteiger partial charge in [0.2, 0.25) is 0 Å². The summed E-state index contributed by atoms with van der Waals surface area (Å²) in [6, 6.07) is 7.67. The van der Waals surface area contributed by atoms with E-state index in [1.54, 1.807) is 7.05 Å². The van der Waals surface area contributed by atoms with Crippen molar-refractivity contribution in [1.29, 1.82) is 0 Å². The van der Waals surface area contributed by atoms with E-state index in [2.05, 4.69) is 6.92 Å². The molecule has 0 aromatic heterocycles. The van der Waals surface area contributed by atoms with E-state index in [9.17, 15) is 14.7 Å². The first-order chi connectivity index (χ1) is 9.52. The first-order valence-electron chi connectivity index (χ1n) is 6.84. The molecule has 0 saturated carbocycles. The highest BCUT2D eigenvalue weighted by atomic mass is 16.3. The number of aliphatic hydroxyl groups excluding tert-OH is 1. The molecule has 0 spiro atoms. The molecule has 1 fully saturated rings. The molecule has 0 radical (unpaired) electrons. The second-order valence-corrected chi connectivity index (χ2v) is 5.09. The Labute approximate surface area is 118 Å². The van der Waals surface area contributed by atoms with Crippen LogP contribution in [0.2, 0.25) is 0 Å². The number of hydrogen-bond acceptors (Lipinski definition) is 3. The third-order valence-electron chi connectivity index (χ3n) is 3.69. The topological polar surface area (TPSA) is 60.9 Å². The monoisotopic (exact) mass is 276 g/mol. The lowest BCUT2D eigenvalue weighted by molar-refractivity contribution is -0.155. The molecule has 1 N–H and O–H groups in total. The summed E-state index contributed by atoms with van der Waals surface area (Å²) in [6.45, 7) is 3.20. The summed E-state index contributed by atoms with van der Waals surface area (Å²) in [7, 11) is 1.61. The predicted molar refractivity (Wildman–Crippen MR) is 75.0 cm³/mol. The lowest BCUT2D eigenvalue weighted by Gasteiger charge is -2.32. The van der Waals surface area contributed by atoms with Crippen LogP contribution in [0, 0.1) is 0 Å². The van der Waals surface area contributed by atoms with E-state index < -0.39 is 17.9 Å². The first-order valence-corrected chi connectivity index (χ1v) is 6.84. The van der Waals surface area contributed by atoms with Gasteiger partial charge in [0.1, 0.15) is 0 Å². The second-order valence-electron chi connectivity index (χ2n) is 5.09.